The topological polar surface area (TPSA) is 164 Å². The van der Waals surface area contributed by atoms with Gasteiger partial charge in [-0.3, -0.25) is 28.5 Å². The van der Waals surface area contributed by atoms with Crippen molar-refractivity contribution in [1.82, 2.24) is 14.6 Å². The van der Waals surface area contributed by atoms with Crippen LogP contribution in [0.1, 0.15) is 65.2 Å². The van der Waals surface area contributed by atoms with Crippen LogP contribution in [0.15, 0.2) is 46.1 Å². The average molecular weight is 638 g/mol. The SMILES string of the molecule is Cc1cn([C@H]2C[C@@H](OCP(=O)(N[C@@H](CC(=O)OCCC(C)C)C(=O)OCCC(C)C)Oc3ccccc3)CO2)c(=O)[nH]c1=O. The quantitative estimate of drug-likeness (QED) is 0.191. The van der Waals surface area contributed by atoms with Crippen molar-refractivity contribution in [2.24, 2.45) is 11.8 Å². The molecular formula is C30H44N3O10P. The number of para-hydroxylation sites is 1. The summed E-state index contributed by atoms with van der Waals surface area (Å²) in [7, 11) is -4.02. The largest absolute Gasteiger partial charge is 0.466 e. The van der Waals surface area contributed by atoms with Gasteiger partial charge in [0.2, 0.25) is 0 Å². The van der Waals surface area contributed by atoms with Crippen molar-refractivity contribution < 1.29 is 37.6 Å². The molecule has 2 aromatic rings. The zero-order valence-corrected chi connectivity index (χ0v) is 26.9. The normalized spacial score (nSPS) is 18.6. The Balaban J connectivity index is 1.76. The first kappa shape index (κ1) is 35.2. The summed E-state index contributed by atoms with van der Waals surface area (Å²) in [6.45, 7) is 9.93. The highest BCUT2D eigenvalue weighted by Crippen LogP contribution is 2.45. The van der Waals surface area contributed by atoms with Crippen LogP contribution in [0.25, 0.3) is 0 Å². The van der Waals surface area contributed by atoms with Crippen molar-refractivity contribution in [3.63, 3.8) is 0 Å². The van der Waals surface area contributed by atoms with Crippen molar-refractivity contribution in [1.29, 1.82) is 0 Å². The van der Waals surface area contributed by atoms with E-state index in [1.54, 1.807) is 37.3 Å². The summed E-state index contributed by atoms with van der Waals surface area (Å²) in [4.78, 5) is 52.1. The van der Waals surface area contributed by atoms with Gasteiger partial charge in [-0.25, -0.2) is 9.88 Å². The number of nitrogens with zero attached hydrogens (tertiary/aromatic N) is 1. The van der Waals surface area contributed by atoms with E-state index in [0.29, 0.717) is 24.3 Å². The summed E-state index contributed by atoms with van der Waals surface area (Å²) >= 11 is 0. The zero-order valence-electron chi connectivity index (χ0n) is 26.0. The van der Waals surface area contributed by atoms with Gasteiger partial charge in [0.25, 0.3) is 5.56 Å². The van der Waals surface area contributed by atoms with Gasteiger partial charge in [-0.05, 0) is 43.7 Å². The number of aryl methyl sites for hydroxylation is 1. The molecule has 4 atom stereocenters. The Morgan fingerprint density at radius 1 is 1.07 bits per heavy atom. The molecule has 1 aromatic heterocycles. The molecule has 0 bridgehead atoms. The molecule has 0 spiro atoms. The second-order valence-corrected chi connectivity index (χ2v) is 13.7. The van der Waals surface area contributed by atoms with E-state index < -0.39 is 61.8 Å². The molecule has 14 heteroatoms. The molecule has 1 aliphatic rings. The zero-order chi connectivity index (χ0) is 32.3. The Morgan fingerprint density at radius 3 is 2.39 bits per heavy atom. The molecule has 2 N–H and O–H groups in total. The predicted octanol–water partition coefficient (Wildman–Crippen LogP) is 3.91. The van der Waals surface area contributed by atoms with Crippen LogP contribution in [0, 0.1) is 18.8 Å². The fourth-order valence-corrected chi connectivity index (χ4v) is 5.90. The lowest BCUT2D eigenvalue weighted by atomic mass is 10.1. The number of nitrogens with one attached hydrogen (secondary N) is 2. The van der Waals surface area contributed by atoms with E-state index in [1.807, 2.05) is 27.7 Å². The molecule has 244 valence electrons. The van der Waals surface area contributed by atoms with Crippen LogP contribution in [-0.4, -0.2) is 59.8 Å². The van der Waals surface area contributed by atoms with Gasteiger partial charge >= 0.3 is 25.1 Å². The monoisotopic (exact) mass is 637 g/mol. The fourth-order valence-electron chi connectivity index (χ4n) is 4.18. The lowest BCUT2D eigenvalue weighted by Crippen LogP contribution is -2.40. The average Bonchev–Trinajstić information content (AvgIpc) is 3.42. The van der Waals surface area contributed by atoms with E-state index in [-0.39, 0.29) is 37.9 Å². The second-order valence-electron chi connectivity index (χ2n) is 11.6. The van der Waals surface area contributed by atoms with E-state index in [4.69, 9.17) is 23.5 Å². The van der Waals surface area contributed by atoms with Crippen LogP contribution < -0.4 is 20.9 Å². The summed E-state index contributed by atoms with van der Waals surface area (Å²) < 4.78 is 43.8. The van der Waals surface area contributed by atoms with Crippen LogP contribution in [0.3, 0.4) is 0 Å². The molecule has 1 aromatic carbocycles. The first-order valence-corrected chi connectivity index (χ1v) is 16.6. The summed E-state index contributed by atoms with van der Waals surface area (Å²) in [5.74, 6) is -0.552. The number of carbonyl (C=O) groups is 2. The van der Waals surface area contributed by atoms with Crippen molar-refractivity contribution in [2.75, 3.05) is 26.2 Å². The van der Waals surface area contributed by atoms with E-state index in [2.05, 4.69) is 10.1 Å². The van der Waals surface area contributed by atoms with Gasteiger partial charge in [0.15, 0.2) is 0 Å². The van der Waals surface area contributed by atoms with Gasteiger partial charge in [-0.2, -0.15) is 0 Å². The Morgan fingerprint density at radius 2 is 1.73 bits per heavy atom. The van der Waals surface area contributed by atoms with Crippen LogP contribution >= 0.6 is 7.52 Å². The number of rotatable bonds is 17. The molecule has 13 nitrogen and oxygen atoms in total. The smallest absolute Gasteiger partial charge is 0.342 e. The van der Waals surface area contributed by atoms with E-state index in [9.17, 15) is 23.7 Å². The van der Waals surface area contributed by atoms with Crippen LogP contribution in [0.5, 0.6) is 5.75 Å². The molecule has 0 saturated carbocycles. The summed E-state index contributed by atoms with van der Waals surface area (Å²) in [6.07, 6.45) is 0.681. The Hall–Kier alpha value is -3.25. The summed E-state index contributed by atoms with van der Waals surface area (Å²) in [5.41, 5.74) is -0.759. The standard InChI is InChI=1S/C30H44N3O10P/c1-20(2)11-13-39-27(34)16-25(29(36)40-14-12-21(3)4)32-44(38,43-23-9-7-6-8-10-23)19-42-24-15-26(41-18-24)33-17-22(5)28(35)31-30(33)37/h6-10,17,20-21,24-26H,11-16,18-19H2,1-5H3,(H,32,38)(H,31,35,37)/t24-,25+,26-,44?/m1/s1. The van der Waals surface area contributed by atoms with Gasteiger partial charge in [0.1, 0.15) is 24.4 Å². The third kappa shape index (κ3) is 11.4. The third-order valence-corrected chi connectivity index (χ3v) is 8.48. The van der Waals surface area contributed by atoms with E-state index >= 15 is 0 Å². The minimum absolute atomic E-state index is 0.0729. The number of aromatic amines is 1. The molecule has 0 aliphatic carbocycles. The van der Waals surface area contributed by atoms with Gasteiger partial charge in [0.05, 0.1) is 32.3 Å². The lowest BCUT2D eigenvalue weighted by Gasteiger charge is -2.26. The van der Waals surface area contributed by atoms with E-state index in [1.165, 1.54) is 10.8 Å². The van der Waals surface area contributed by atoms with Crippen LogP contribution in [0.4, 0.5) is 0 Å². The second kappa shape index (κ2) is 16.7. The maximum absolute atomic E-state index is 14.3. The molecule has 44 heavy (non-hydrogen) atoms. The molecule has 0 amide bonds. The highest BCUT2D eigenvalue weighted by atomic mass is 31.2. The minimum Gasteiger partial charge on any atom is -0.466 e. The number of H-pyrrole nitrogens is 1. The number of esters is 2. The first-order chi connectivity index (χ1) is 20.8. The van der Waals surface area contributed by atoms with Crippen molar-refractivity contribution in [2.45, 2.75) is 78.7 Å². The number of benzene rings is 1. The van der Waals surface area contributed by atoms with Crippen molar-refractivity contribution >= 4 is 19.5 Å². The highest BCUT2D eigenvalue weighted by molar-refractivity contribution is 7.57. The molecule has 3 rings (SSSR count). The highest BCUT2D eigenvalue weighted by Gasteiger charge is 2.37. The predicted molar refractivity (Wildman–Crippen MR) is 162 cm³/mol. The molecule has 0 radical (unpaired) electrons. The Labute approximate surface area is 257 Å². The molecule has 1 unspecified atom stereocenters. The van der Waals surface area contributed by atoms with Crippen LogP contribution in [0.2, 0.25) is 0 Å². The van der Waals surface area contributed by atoms with Gasteiger partial charge in [-0.15, -0.1) is 0 Å². The fraction of sp³-hybridized carbons (Fsp3) is 0.600. The molecular weight excluding hydrogens is 593 g/mol. The number of aromatic nitrogens is 2. The van der Waals surface area contributed by atoms with Crippen molar-refractivity contribution in [3.8, 4) is 5.75 Å². The lowest BCUT2D eigenvalue weighted by molar-refractivity contribution is -0.152. The number of ether oxygens (including phenoxy) is 4. The summed E-state index contributed by atoms with van der Waals surface area (Å²) in [5, 5.41) is 2.73. The Kier molecular flexibility index (Phi) is 13.4. The van der Waals surface area contributed by atoms with Gasteiger partial charge in [-0.1, -0.05) is 45.9 Å². The number of hydrogen-bond donors (Lipinski definition) is 2. The molecule has 1 saturated heterocycles. The Bertz CT molecular complexity index is 1390. The molecule has 1 fully saturated rings. The maximum Gasteiger partial charge on any atom is 0.342 e. The summed E-state index contributed by atoms with van der Waals surface area (Å²) in [6, 6.07) is 7.03. The molecule has 2 heterocycles. The maximum atomic E-state index is 14.3. The molecule has 1 aliphatic heterocycles. The number of hydrogen-bond acceptors (Lipinski definition) is 10. The van der Waals surface area contributed by atoms with Crippen molar-refractivity contribution in [3.05, 3.63) is 62.9 Å². The van der Waals surface area contributed by atoms with Gasteiger partial charge < -0.3 is 23.5 Å². The first-order valence-electron chi connectivity index (χ1n) is 14.8. The van der Waals surface area contributed by atoms with Crippen LogP contribution in [-0.2, 0) is 33.1 Å². The van der Waals surface area contributed by atoms with E-state index in [0.717, 1.165) is 0 Å². The number of carbonyl (C=O) groups excluding carboxylic acids is 2. The third-order valence-electron chi connectivity index (χ3n) is 6.78. The van der Waals surface area contributed by atoms with Gasteiger partial charge in [0, 0.05) is 18.2 Å². The minimum atomic E-state index is -4.02.